The van der Waals surface area contributed by atoms with Gasteiger partial charge in [-0.25, -0.2) is 4.79 Å². The van der Waals surface area contributed by atoms with E-state index in [9.17, 15) is 19.5 Å². The monoisotopic (exact) mass is 503 g/mol. The number of nitrogens with one attached hydrogen (secondary N) is 2. The number of carbonyl (C=O) groups excluding carboxylic acids is 2. The van der Waals surface area contributed by atoms with Crippen LogP contribution in [-0.2, 0) is 22.6 Å². The van der Waals surface area contributed by atoms with Gasteiger partial charge in [0.2, 0.25) is 5.91 Å². The van der Waals surface area contributed by atoms with E-state index in [-0.39, 0.29) is 36.2 Å². The number of aliphatic carboxylic acids is 1. The van der Waals surface area contributed by atoms with Gasteiger partial charge in [-0.1, -0.05) is 74.5 Å². The molecule has 0 bridgehead atoms. The van der Waals surface area contributed by atoms with E-state index >= 15 is 0 Å². The van der Waals surface area contributed by atoms with E-state index < -0.39 is 24.0 Å². The molecule has 0 spiro atoms. The molecule has 0 aliphatic heterocycles. The molecule has 3 aromatic rings. The van der Waals surface area contributed by atoms with Crippen LogP contribution in [0, 0.1) is 5.92 Å². The molecule has 0 radical (unpaired) electrons. The maximum Gasteiger partial charge on any atom is 0.326 e. The number of amides is 2. The lowest BCUT2D eigenvalue weighted by Gasteiger charge is -2.19. The highest BCUT2D eigenvalue weighted by Gasteiger charge is 2.23. The van der Waals surface area contributed by atoms with Crippen LogP contribution in [0.1, 0.15) is 41.8 Å². The van der Waals surface area contributed by atoms with Crippen molar-refractivity contribution < 1.29 is 24.2 Å². The third-order valence-electron chi connectivity index (χ3n) is 5.93. The largest absolute Gasteiger partial charge is 0.487 e. The fourth-order valence-electron chi connectivity index (χ4n) is 3.60. The predicted octanol–water partition coefficient (Wildman–Crippen LogP) is 4.00. The van der Waals surface area contributed by atoms with E-state index in [1.165, 1.54) is 12.1 Å². The summed E-state index contributed by atoms with van der Waals surface area (Å²) in [6.45, 7) is 3.90. The normalized spacial score (nSPS) is 12.4. The Bertz CT molecular complexity index is 1200. The highest BCUT2D eigenvalue weighted by molar-refractivity contribution is 5.99. The number of hydrogen-bond acceptors (Lipinski definition) is 5. The summed E-state index contributed by atoms with van der Waals surface area (Å²) in [4.78, 5) is 37.4. The molecule has 37 heavy (non-hydrogen) atoms. The van der Waals surface area contributed by atoms with Gasteiger partial charge in [0.25, 0.3) is 5.91 Å². The Morgan fingerprint density at radius 3 is 2.14 bits per heavy atom. The van der Waals surface area contributed by atoms with Gasteiger partial charge in [-0.2, -0.15) is 0 Å². The minimum atomic E-state index is -1.11. The second-order valence-corrected chi connectivity index (χ2v) is 9.13. The molecule has 3 rings (SSSR count). The summed E-state index contributed by atoms with van der Waals surface area (Å²) < 4.78 is 5.96. The number of rotatable bonds is 12. The summed E-state index contributed by atoms with van der Waals surface area (Å²) in [5.74, 6) is -1.83. The van der Waals surface area contributed by atoms with Crippen molar-refractivity contribution in [3.8, 4) is 5.75 Å². The number of benzene rings is 3. The average molecular weight is 504 g/mol. The Hall–Kier alpha value is -4.17. The summed E-state index contributed by atoms with van der Waals surface area (Å²) in [5.41, 5.74) is 8.45. The Labute approximate surface area is 216 Å². The molecule has 0 aromatic heterocycles. The second kappa shape index (κ2) is 13.2. The van der Waals surface area contributed by atoms with Crippen LogP contribution in [0.15, 0.2) is 78.9 Å². The summed E-state index contributed by atoms with van der Waals surface area (Å²) in [6, 6.07) is 21.7. The van der Waals surface area contributed by atoms with Crippen molar-refractivity contribution in [2.45, 2.75) is 45.4 Å². The third-order valence-corrected chi connectivity index (χ3v) is 5.93. The zero-order valence-corrected chi connectivity index (χ0v) is 21.0. The van der Waals surface area contributed by atoms with E-state index in [1.54, 1.807) is 6.07 Å². The van der Waals surface area contributed by atoms with Crippen molar-refractivity contribution >= 4 is 23.5 Å². The van der Waals surface area contributed by atoms with E-state index in [2.05, 4.69) is 10.6 Å². The molecule has 8 heteroatoms. The van der Waals surface area contributed by atoms with E-state index in [1.807, 2.05) is 74.5 Å². The lowest BCUT2D eigenvalue weighted by Crippen LogP contribution is -2.41. The molecular weight excluding hydrogens is 470 g/mol. The molecule has 0 unspecified atom stereocenters. The first kappa shape index (κ1) is 27.4. The predicted molar refractivity (Wildman–Crippen MR) is 142 cm³/mol. The van der Waals surface area contributed by atoms with Gasteiger partial charge in [-0.05, 0) is 48.1 Å². The Morgan fingerprint density at radius 1 is 0.919 bits per heavy atom. The van der Waals surface area contributed by atoms with Gasteiger partial charge < -0.3 is 26.2 Å². The topological polar surface area (TPSA) is 131 Å². The fourth-order valence-corrected chi connectivity index (χ4v) is 3.60. The van der Waals surface area contributed by atoms with Crippen molar-refractivity contribution in [2.24, 2.45) is 11.7 Å². The minimum Gasteiger partial charge on any atom is -0.487 e. The van der Waals surface area contributed by atoms with Crippen LogP contribution >= 0.6 is 0 Å². The molecule has 3 aromatic carbocycles. The molecule has 8 nitrogen and oxygen atoms in total. The van der Waals surface area contributed by atoms with E-state index in [4.69, 9.17) is 10.5 Å². The number of carbonyl (C=O) groups is 3. The number of aryl methyl sites for hydroxylation is 1. The van der Waals surface area contributed by atoms with Gasteiger partial charge >= 0.3 is 5.97 Å². The smallest absolute Gasteiger partial charge is 0.326 e. The first-order chi connectivity index (χ1) is 17.7. The third kappa shape index (κ3) is 8.18. The summed E-state index contributed by atoms with van der Waals surface area (Å²) in [7, 11) is 0. The van der Waals surface area contributed by atoms with Gasteiger partial charge in [0.1, 0.15) is 18.4 Å². The van der Waals surface area contributed by atoms with Crippen molar-refractivity contribution in [2.75, 3.05) is 5.32 Å². The number of ether oxygens (including phenoxy) is 1. The fraction of sp³-hybridized carbons (Fsp3) is 0.276. The van der Waals surface area contributed by atoms with Crippen LogP contribution in [0.5, 0.6) is 5.75 Å². The Kier molecular flexibility index (Phi) is 9.80. The van der Waals surface area contributed by atoms with Crippen LogP contribution in [0.4, 0.5) is 5.69 Å². The highest BCUT2D eigenvalue weighted by Crippen LogP contribution is 2.28. The number of hydrogen-bond donors (Lipinski definition) is 4. The van der Waals surface area contributed by atoms with Crippen LogP contribution in [0.25, 0.3) is 0 Å². The van der Waals surface area contributed by atoms with Crippen LogP contribution in [-0.4, -0.2) is 35.0 Å². The highest BCUT2D eigenvalue weighted by atomic mass is 16.5. The molecule has 2 amide bonds. The SMILES string of the molecule is CC(C)[C@H](N)C(=O)Nc1ccc(C(=O)N[C@@H](CCc2ccccc2)C(=O)O)cc1OCc1ccccc1. The molecule has 2 atom stereocenters. The van der Waals surface area contributed by atoms with Crippen molar-refractivity contribution in [3.05, 3.63) is 95.6 Å². The molecule has 0 fully saturated rings. The zero-order valence-electron chi connectivity index (χ0n) is 21.0. The lowest BCUT2D eigenvalue weighted by atomic mass is 10.0. The van der Waals surface area contributed by atoms with Crippen LogP contribution < -0.4 is 21.1 Å². The number of anilines is 1. The summed E-state index contributed by atoms with van der Waals surface area (Å²) in [6.07, 6.45) is 0.744. The van der Waals surface area contributed by atoms with Gasteiger partial charge in [-0.3, -0.25) is 9.59 Å². The van der Waals surface area contributed by atoms with Crippen LogP contribution in [0.3, 0.4) is 0 Å². The van der Waals surface area contributed by atoms with Gasteiger partial charge in [-0.15, -0.1) is 0 Å². The maximum absolute atomic E-state index is 13.0. The van der Waals surface area contributed by atoms with E-state index in [0.29, 0.717) is 12.1 Å². The Balaban J connectivity index is 1.78. The molecule has 194 valence electrons. The maximum atomic E-state index is 13.0. The summed E-state index contributed by atoms with van der Waals surface area (Å²) in [5, 5.41) is 15.0. The molecular formula is C29H33N3O5. The average Bonchev–Trinajstić information content (AvgIpc) is 2.90. The van der Waals surface area contributed by atoms with Crippen molar-refractivity contribution in [1.82, 2.24) is 5.32 Å². The second-order valence-electron chi connectivity index (χ2n) is 9.13. The molecule has 5 N–H and O–H groups in total. The molecule has 0 saturated heterocycles. The number of nitrogens with two attached hydrogens (primary N) is 1. The molecule has 0 aliphatic carbocycles. The van der Waals surface area contributed by atoms with Gasteiger partial charge in [0, 0.05) is 5.56 Å². The lowest BCUT2D eigenvalue weighted by molar-refractivity contribution is -0.139. The van der Waals surface area contributed by atoms with Crippen LogP contribution in [0.2, 0.25) is 0 Å². The van der Waals surface area contributed by atoms with Crippen molar-refractivity contribution in [1.29, 1.82) is 0 Å². The summed E-state index contributed by atoms with van der Waals surface area (Å²) >= 11 is 0. The minimum absolute atomic E-state index is 0.0671. The standard InChI is InChI=1S/C29H33N3O5/c1-19(2)26(30)28(34)31-23-16-14-22(17-25(23)37-18-21-11-7-4-8-12-21)27(33)32-24(29(35)36)15-13-20-9-5-3-6-10-20/h3-12,14,16-17,19,24,26H,13,15,18,30H2,1-2H3,(H,31,34)(H,32,33)(H,35,36)/t24-,26-/m0/s1. The number of carboxylic acids is 1. The first-order valence-electron chi connectivity index (χ1n) is 12.2. The quantitative estimate of drug-likeness (QED) is 0.295. The zero-order chi connectivity index (χ0) is 26.8. The Morgan fingerprint density at radius 2 is 1.54 bits per heavy atom. The van der Waals surface area contributed by atoms with E-state index in [0.717, 1.165) is 11.1 Å². The molecule has 0 heterocycles. The number of carboxylic acid groups (broad SMARTS) is 1. The van der Waals surface area contributed by atoms with Gasteiger partial charge in [0.15, 0.2) is 0 Å². The molecule has 0 saturated carbocycles. The van der Waals surface area contributed by atoms with Gasteiger partial charge in [0.05, 0.1) is 11.7 Å². The molecule has 0 aliphatic rings. The van der Waals surface area contributed by atoms with Crippen molar-refractivity contribution in [3.63, 3.8) is 0 Å². The first-order valence-corrected chi connectivity index (χ1v) is 12.2.